The summed E-state index contributed by atoms with van der Waals surface area (Å²) in [5, 5.41) is 10.1. The van der Waals surface area contributed by atoms with Gasteiger partial charge in [-0.25, -0.2) is 4.39 Å². The molecule has 0 bridgehead atoms. The van der Waals surface area contributed by atoms with Crippen LogP contribution in [-0.2, 0) is 6.54 Å². The SMILES string of the molecule is O=C(c1ccccc1)N1C[C@@H]2[C@H](c3ccccc31)[C@@H](CO)N2Cc1ccccc1F. The quantitative estimate of drug-likeness (QED) is 0.722. The first-order valence-electron chi connectivity index (χ1n) is 10.2. The summed E-state index contributed by atoms with van der Waals surface area (Å²) in [7, 11) is 0. The zero-order valence-electron chi connectivity index (χ0n) is 16.5. The smallest absolute Gasteiger partial charge is 0.258 e. The fourth-order valence-corrected chi connectivity index (χ4v) is 4.95. The van der Waals surface area contributed by atoms with Crippen LogP contribution < -0.4 is 4.90 Å². The number of amides is 1. The molecule has 1 fully saturated rings. The minimum atomic E-state index is -0.244. The van der Waals surface area contributed by atoms with Gasteiger partial charge in [0.2, 0.25) is 0 Å². The molecule has 2 aliphatic heterocycles. The lowest BCUT2D eigenvalue weighted by Crippen LogP contribution is -2.68. The van der Waals surface area contributed by atoms with Gasteiger partial charge in [-0.15, -0.1) is 0 Å². The Labute approximate surface area is 175 Å². The molecule has 3 aromatic rings. The van der Waals surface area contributed by atoms with Gasteiger partial charge < -0.3 is 10.0 Å². The average Bonchev–Trinajstić information content (AvgIpc) is 2.78. The number of benzene rings is 3. The molecule has 30 heavy (non-hydrogen) atoms. The van der Waals surface area contributed by atoms with Crippen molar-refractivity contribution in [2.75, 3.05) is 18.1 Å². The fraction of sp³-hybridized carbons (Fsp3) is 0.240. The molecule has 1 N–H and O–H groups in total. The van der Waals surface area contributed by atoms with Crippen molar-refractivity contribution in [3.05, 3.63) is 101 Å². The second-order valence-electron chi connectivity index (χ2n) is 7.95. The molecule has 0 spiro atoms. The van der Waals surface area contributed by atoms with Crippen LogP contribution in [0.15, 0.2) is 78.9 Å². The predicted molar refractivity (Wildman–Crippen MR) is 114 cm³/mol. The summed E-state index contributed by atoms with van der Waals surface area (Å²) in [6, 6.07) is 23.9. The molecular formula is C25H23FN2O2. The van der Waals surface area contributed by atoms with Crippen molar-refractivity contribution in [2.45, 2.75) is 24.5 Å². The summed E-state index contributed by atoms with van der Waals surface area (Å²) in [6.07, 6.45) is 0. The van der Waals surface area contributed by atoms with Gasteiger partial charge in [0.25, 0.3) is 5.91 Å². The highest BCUT2D eigenvalue weighted by Gasteiger charge is 2.53. The summed E-state index contributed by atoms with van der Waals surface area (Å²) >= 11 is 0. The van der Waals surface area contributed by atoms with E-state index in [0.29, 0.717) is 24.2 Å². The Balaban J connectivity index is 1.50. The van der Waals surface area contributed by atoms with Crippen LogP contribution >= 0.6 is 0 Å². The lowest BCUT2D eigenvalue weighted by Gasteiger charge is -2.59. The molecule has 2 aliphatic rings. The summed E-state index contributed by atoms with van der Waals surface area (Å²) in [5.74, 6) is -0.163. The number of aliphatic hydroxyl groups is 1. The third-order valence-corrected chi connectivity index (χ3v) is 6.40. The standard InChI is InChI=1S/C25H23FN2O2/c26-20-12-6-4-10-18(20)14-27-22-15-28(25(30)17-8-2-1-3-9-17)21-13-7-5-11-19(21)24(22)23(27)16-29/h1-13,22-24,29H,14-16H2/t22-,23-,24+/m1/s1. The Kier molecular flexibility index (Phi) is 4.85. The van der Waals surface area contributed by atoms with Gasteiger partial charge in [0.15, 0.2) is 0 Å². The molecule has 0 aromatic heterocycles. The molecule has 0 unspecified atom stereocenters. The zero-order chi connectivity index (χ0) is 20.7. The van der Waals surface area contributed by atoms with Gasteiger partial charge in [-0.2, -0.15) is 0 Å². The summed E-state index contributed by atoms with van der Waals surface area (Å²) in [6.45, 7) is 0.922. The van der Waals surface area contributed by atoms with E-state index in [1.165, 1.54) is 6.07 Å². The number of hydrogen-bond acceptors (Lipinski definition) is 3. The Morgan fingerprint density at radius 1 is 0.967 bits per heavy atom. The molecule has 0 aliphatic carbocycles. The van der Waals surface area contributed by atoms with Gasteiger partial charge in [0, 0.05) is 47.9 Å². The summed E-state index contributed by atoms with van der Waals surface area (Å²) in [5.41, 5.74) is 3.22. The van der Waals surface area contributed by atoms with Crippen molar-refractivity contribution in [1.82, 2.24) is 4.90 Å². The van der Waals surface area contributed by atoms with E-state index in [1.54, 1.807) is 12.1 Å². The van der Waals surface area contributed by atoms with Crippen LogP contribution in [0.25, 0.3) is 0 Å². The Bertz CT molecular complexity index is 1070. The van der Waals surface area contributed by atoms with Gasteiger partial charge in [-0.3, -0.25) is 9.69 Å². The first kappa shape index (κ1) is 19.0. The maximum absolute atomic E-state index is 14.3. The molecule has 0 radical (unpaired) electrons. The first-order valence-corrected chi connectivity index (χ1v) is 10.2. The number of para-hydroxylation sites is 1. The number of hydrogen-bond donors (Lipinski definition) is 1. The number of rotatable bonds is 4. The zero-order valence-corrected chi connectivity index (χ0v) is 16.5. The molecule has 1 saturated heterocycles. The lowest BCUT2D eigenvalue weighted by atomic mass is 9.71. The number of nitrogens with zero attached hydrogens (tertiary/aromatic N) is 2. The van der Waals surface area contributed by atoms with Crippen molar-refractivity contribution in [1.29, 1.82) is 0 Å². The maximum atomic E-state index is 14.3. The fourth-order valence-electron chi connectivity index (χ4n) is 4.95. The molecule has 152 valence electrons. The molecule has 0 saturated carbocycles. The monoisotopic (exact) mass is 402 g/mol. The predicted octanol–water partition coefficient (Wildman–Crippen LogP) is 3.82. The van der Waals surface area contributed by atoms with E-state index in [1.807, 2.05) is 65.6 Å². The molecule has 5 heteroatoms. The maximum Gasteiger partial charge on any atom is 0.258 e. The van der Waals surface area contributed by atoms with E-state index in [2.05, 4.69) is 4.90 Å². The topological polar surface area (TPSA) is 43.8 Å². The second kappa shape index (κ2) is 7.67. The Morgan fingerprint density at radius 2 is 1.67 bits per heavy atom. The van der Waals surface area contributed by atoms with Gasteiger partial charge >= 0.3 is 0 Å². The third kappa shape index (κ3) is 3.02. The van der Waals surface area contributed by atoms with E-state index < -0.39 is 0 Å². The van der Waals surface area contributed by atoms with Crippen molar-refractivity contribution in [3.63, 3.8) is 0 Å². The second-order valence-corrected chi connectivity index (χ2v) is 7.95. The summed E-state index contributed by atoms with van der Waals surface area (Å²) in [4.78, 5) is 17.3. The number of aliphatic hydroxyl groups excluding tert-OH is 1. The van der Waals surface area contributed by atoms with Crippen LogP contribution in [0, 0.1) is 5.82 Å². The number of anilines is 1. The van der Waals surface area contributed by atoms with Gasteiger partial charge in [-0.05, 0) is 29.8 Å². The molecule has 2 heterocycles. The molecule has 5 rings (SSSR count). The van der Waals surface area contributed by atoms with Gasteiger partial charge in [0.1, 0.15) is 5.82 Å². The van der Waals surface area contributed by atoms with Crippen molar-refractivity contribution in [2.24, 2.45) is 0 Å². The van der Waals surface area contributed by atoms with Crippen LogP contribution in [0.4, 0.5) is 10.1 Å². The summed E-state index contributed by atoms with van der Waals surface area (Å²) < 4.78 is 14.3. The number of carbonyl (C=O) groups excluding carboxylic acids is 1. The average molecular weight is 402 g/mol. The van der Waals surface area contributed by atoms with E-state index in [-0.39, 0.29) is 36.3 Å². The largest absolute Gasteiger partial charge is 0.395 e. The van der Waals surface area contributed by atoms with Crippen LogP contribution in [-0.4, -0.2) is 41.1 Å². The van der Waals surface area contributed by atoms with E-state index in [4.69, 9.17) is 0 Å². The van der Waals surface area contributed by atoms with Crippen LogP contribution in [0.2, 0.25) is 0 Å². The normalized spacial score (nSPS) is 22.7. The van der Waals surface area contributed by atoms with E-state index >= 15 is 0 Å². The highest BCUT2D eigenvalue weighted by Crippen LogP contribution is 2.49. The van der Waals surface area contributed by atoms with Crippen molar-refractivity contribution < 1.29 is 14.3 Å². The number of likely N-dealkylation sites (tertiary alicyclic amines) is 1. The minimum Gasteiger partial charge on any atom is -0.395 e. The minimum absolute atomic E-state index is 0.00339. The third-order valence-electron chi connectivity index (χ3n) is 6.40. The number of fused-ring (bicyclic) bond motifs is 3. The molecular weight excluding hydrogens is 379 g/mol. The Hall–Kier alpha value is -3.02. The lowest BCUT2D eigenvalue weighted by molar-refractivity contribution is -0.0494. The van der Waals surface area contributed by atoms with Gasteiger partial charge in [0.05, 0.1) is 6.61 Å². The highest BCUT2D eigenvalue weighted by molar-refractivity contribution is 6.07. The Morgan fingerprint density at radius 3 is 2.43 bits per heavy atom. The van der Waals surface area contributed by atoms with Crippen molar-refractivity contribution >= 4 is 11.6 Å². The molecule has 4 nitrogen and oxygen atoms in total. The highest BCUT2D eigenvalue weighted by atomic mass is 19.1. The van der Waals surface area contributed by atoms with Crippen molar-refractivity contribution in [3.8, 4) is 0 Å². The van der Waals surface area contributed by atoms with E-state index in [0.717, 1.165) is 11.3 Å². The number of carbonyl (C=O) groups is 1. The van der Waals surface area contributed by atoms with Crippen LogP contribution in [0.5, 0.6) is 0 Å². The van der Waals surface area contributed by atoms with E-state index in [9.17, 15) is 14.3 Å². The van der Waals surface area contributed by atoms with Crippen LogP contribution in [0.1, 0.15) is 27.4 Å². The first-order chi connectivity index (χ1) is 14.7. The molecule has 1 amide bonds. The van der Waals surface area contributed by atoms with Gasteiger partial charge in [-0.1, -0.05) is 54.6 Å². The molecule has 3 aromatic carbocycles. The number of halogens is 1. The van der Waals surface area contributed by atoms with Crippen LogP contribution in [0.3, 0.4) is 0 Å². The molecule has 3 atom stereocenters.